The Morgan fingerprint density at radius 3 is 2.50 bits per heavy atom. The third kappa shape index (κ3) is 4.20. The van der Waals surface area contributed by atoms with Gasteiger partial charge < -0.3 is 14.4 Å². The number of carbonyl (C=O) groups is 1. The maximum atomic E-state index is 12.8. The Kier molecular flexibility index (Phi) is 5.78. The molecule has 30 heavy (non-hydrogen) atoms. The zero-order valence-electron chi connectivity index (χ0n) is 16.8. The molecule has 0 aliphatic carbocycles. The van der Waals surface area contributed by atoms with Gasteiger partial charge in [0.25, 0.3) is 0 Å². The Morgan fingerprint density at radius 1 is 1.07 bits per heavy atom. The fourth-order valence-electron chi connectivity index (χ4n) is 3.63. The fourth-order valence-corrected chi connectivity index (χ4v) is 5.05. The van der Waals surface area contributed by atoms with Gasteiger partial charge in [0.05, 0.1) is 18.6 Å². The summed E-state index contributed by atoms with van der Waals surface area (Å²) in [6.45, 7) is 1.95. The number of hydrogen-bond donors (Lipinski definition) is 0. The van der Waals surface area contributed by atoms with E-state index >= 15 is 0 Å². The Bertz CT molecular complexity index is 1060. The standard InChI is InChI=1S/C22H24N2O5S/c1-28-19-4-6-20(7-5-19)30(26,27)24-13-11-23(12-14-24)22(25)9-3-17-2-8-21-18(16-17)10-15-29-21/h2-9,16H,10-15H2,1H3. The predicted octanol–water partition coefficient (Wildman–Crippen LogP) is 2.18. The van der Waals surface area contributed by atoms with Crippen LogP contribution in [0.1, 0.15) is 11.1 Å². The van der Waals surface area contributed by atoms with Gasteiger partial charge in [0.15, 0.2) is 0 Å². The van der Waals surface area contributed by atoms with Gasteiger partial charge in [0.2, 0.25) is 15.9 Å². The number of nitrogens with zero attached hydrogens (tertiary/aromatic N) is 2. The number of benzene rings is 2. The number of sulfonamides is 1. The molecule has 1 saturated heterocycles. The molecule has 1 fully saturated rings. The first-order chi connectivity index (χ1) is 14.5. The highest BCUT2D eigenvalue weighted by Gasteiger charge is 2.29. The van der Waals surface area contributed by atoms with Gasteiger partial charge in [-0.25, -0.2) is 8.42 Å². The van der Waals surface area contributed by atoms with Crippen molar-refractivity contribution in [3.05, 3.63) is 59.7 Å². The molecule has 0 spiro atoms. The van der Waals surface area contributed by atoms with Gasteiger partial charge in [-0.1, -0.05) is 6.07 Å². The molecule has 2 aliphatic heterocycles. The lowest BCUT2D eigenvalue weighted by Gasteiger charge is -2.33. The summed E-state index contributed by atoms with van der Waals surface area (Å²) in [4.78, 5) is 14.4. The molecule has 158 valence electrons. The first kappa shape index (κ1) is 20.4. The van der Waals surface area contributed by atoms with Crippen molar-refractivity contribution >= 4 is 22.0 Å². The monoisotopic (exact) mass is 428 g/mol. The average Bonchev–Trinajstić information content (AvgIpc) is 3.25. The highest BCUT2D eigenvalue weighted by Crippen LogP contribution is 2.26. The van der Waals surface area contributed by atoms with Gasteiger partial charge in [0.1, 0.15) is 11.5 Å². The van der Waals surface area contributed by atoms with E-state index in [0.717, 1.165) is 23.3 Å². The van der Waals surface area contributed by atoms with Gasteiger partial charge in [0, 0.05) is 38.7 Å². The van der Waals surface area contributed by atoms with E-state index in [1.165, 1.54) is 23.5 Å². The molecule has 0 aromatic heterocycles. The number of piperazine rings is 1. The maximum absolute atomic E-state index is 12.8. The van der Waals surface area contributed by atoms with Gasteiger partial charge in [-0.15, -0.1) is 0 Å². The number of rotatable bonds is 5. The number of hydrogen-bond acceptors (Lipinski definition) is 5. The highest BCUT2D eigenvalue weighted by molar-refractivity contribution is 7.89. The first-order valence-corrected chi connectivity index (χ1v) is 11.3. The van der Waals surface area contributed by atoms with Gasteiger partial charge in [-0.05, 0) is 53.6 Å². The maximum Gasteiger partial charge on any atom is 0.246 e. The lowest BCUT2D eigenvalue weighted by atomic mass is 10.1. The van der Waals surface area contributed by atoms with Gasteiger partial charge >= 0.3 is 0 Å². The fraction of sp³-hybridized carbons (Fsp3) is 0.318. The van der Waals surface area contributed by atoms with Crippen LogP contribution in [0.25, 0.3) is 6.08 Å². The van der Waals surface area contributed by atoms with Crippen molar-refractivity contribution in [2.75, 3.05) is 39.9 Å². The summed E-state index contributed by atoms with van der Waals surface area (Å²) in [5, 5.41) is 0. The van der Waals surface area contributed by atoms with E-state index in [9.17, 15) is 13.2 Å². The molecule has 2 aliphatic rings. The summed E-state index contributed by atoms with van der Waals surface area (Å²) >= 11 is 0. The molecule has 0 unspecified atom stereocenters. The molecule has 1 amide bonds. The van der Waals surface area contributed by atoms with E-state index in [4.69, 9.17) is 9.47 Å². The second kappa shape index (κ2) is 8.49. The minimum Gasteiger partial charge on any atom is -0.497 e. The van der Waals surface area contributed by atoms with Crippen molar-refractivity contribution in [1.29, 1.82) is 0 Å². The Balaban J connectivity index is 1.36. The van der Waals surface area contributed by atoms with E-state index in [-0.39, 0.29) is 23.9 Å². The van der Waals surface area contributed by atoms with Crippen LogP contribution in [0.15, 0.2) is 53.4 Å². The number of ether oxygens (including phenoxy) is 2. The summed E-state index contributed by atoms with van der Waals surface area (Å²) in [6.07, 6.45) is 4.22. The van der Waals surface area contributed by atoms with Crippen LogP contribution in [0.3, 0.4) is 0 Å². The Morgan fingerprint density at radius 2 is 1.80 bits per heavy atom. The summed E-state index contributed by atoms with van der Waals surface area (Å²) in [5.41, 5.74) is 2.11. The van der Waals surface area contributed by atoms with Crippen LogP contribution in [-0.4, -0.2) is 63.4 Å². The van der Waals surface area contributed by atoms with E-state index in [1.807, 2.05) is 18.2 Å². The SMILES string of the molecule is COc1ccc(S(=O)(=O)N2CCN(C(=O)C=Cc3ccc4c(c3)CCO4)CC2)cc1. The minimum atomic E-state index is -3.59. The molecule has 0 bridgehead atoms. The second-order valence-electron chi connectivity index (χ2n) is 7.20. The summed E-state index contributed by atoms with van der Waals surface area (Å²) in [5.74, 6) is 1.40. The summed E-state index contributed by atoms with van der Waals surface area (Å²) in [7, 11) is -2.05. The van der Waals surface area contributed by atoms with Crippen molar-refractivity contribution in [1.82, 2.24) is 9.21 Å². The van der Waals surface area contributed by atoms with E-state index < -0.39 is 10.0 Å². The molecule has 2 aromatic carbocycles. The van der Waals surface area contributed by atoms with E-state index in [2.05, 4.69) is 0 Å². The normalized spacial score (nSPS) is 17.0. The molecular weight excluding hydrogens is 404 g/mol. The smallest absolute Gasteiger partial charge is 0.246 e. The Hall–Kier alpha value is -2.84. The number of fused-ring (bicyclic) bond motifs is 1. The van der Waals surface area contributed by atoms with Gasteiger partial charge in [-0.3, -0.25) is 4.79 Å². The zero-order valence-corrected chi connectivity index (χ0v) is 17.6. The molecule has 0 N–H and O–H groups in total. The molecule has 0 radical (unpaired) electrons. The van der Waals surface area contributed by atoms with Crippen molar-refractivity contribution in [3.63, 3.8) is 0 Å². The van der Waals surface area contributed by atoms with E-state index in [1.54, 1.807) is 29.2 Å². The topological polar surface area (TPSA) is 76.2 Å². The van der Waals surface area contributed by atoms with Crippen LogP contribution < -0.4 is 9.47 Å². The van der Waals surface area contributed by atoms with Crippen molar-refractivity contribution in [3.8, 4) is 11.5 Å². The van der Waals surface area contributed by atoms with Crippen LogP contribution in [0.5, 0.6) is 11.5 Å². The van der Waals surface area contributed by atoms with Crippen LogP contribution in [0.2, 0.25) is 0 Å². The largest absolute Gasteiger partial charge is 0.497 e. The third-order valence-corrected chi connectivity index (χ3v) is 7.29. The predicted molar refractivity (Wildman–Crippen MR) is 113 cm³/mol. The summed E-state index contributed by atoms with van der Waals surface area (Å²) < 4.78 is 37.6. The average molecular weight is 429 g/mol. The zero-order chi connectivity index (χ0) is 21.1. The minimum absolute atomic E-state index is 0.117. The van der Waals surface area contributed by atoms with Crippen molar-refractivity contribution in [2.45, 2.75) is 11.3 Å². The molecular formula is C22H24N2O5S. The van der Waals surface area contributed by atoms with Crippen LogP contribution >= 0.6 is 0 Å². The molecule has 0 saturated carbocycles. The van der Waals surface area contributed by atoms with Crippen LogP contribution in [0.4, 0.5) is 0 Å². The molecule has 2 heterocycles. The van der Waals surface area contributed by atoms with E-state index in [0.29, 0.717) is 25.4 Å². The molecule has 2 aromatic rings. The number of carbonyl (C=O) groups excluding carboxylic acids is 1. The molecule has 7 nitrogen and oxygen atoms in total. The number of amides is 1. The number of methoxy groups -OCH3 is 1. The third-order valence-electron chi connectivity index (χ3n) is 5.38. The van der Waals surface area contributed by atoms with Crippen LogP contribution in [-0.2, 0) is 21.2 Å². The van der Waals surface area contributed by atoms with Crippen molar-refractivity contribution in [2.24, 2.45) is 0 Å². The molecule has 0 atom stereocenters. The highest BCUT2D eigenvalue weighted by atomic mass is 32.2. The van der Waals surface area contributed by atoms with Crippen molar-refractivity contribution < 1.29 is 22.7 Å². The lowest BCUT2D eigenvalue weighted by Crippen LogP contribution is -2.50. The Labute approximate surface area is 176 Å². The quantitative estimate of drug-likeness (QED) is 0.683. The van der Waals surface area contributed by atoms with Gasteiger partial charge in [-0.2, -0.15) is 4.31 Å². The van der Waals surface area contributed by atoms with Crippen LogP contribution in [0, 0.1) is 0 Å². The summed E-state index contributed by atoms with van der Waals surface area (Å²) in [6, 6.07) is 12.2. The molecule has 8 heteroatoms. The second-order valence-corrected chi connectivity index (χ2v) is 9.14. The first-order valence-electron chi connectivity index (χ1n) is 9.84. The lowest BCUT2D eigenvalue weighted by molar-refractivity contribution is -0.127. The molecule has 4 rings (SSSR count).